The van der Waals surface area contributed by atoms with E-state index in [0.29, 0.717) is 39.3 Å². The Kier molecular flexibility index (Phi) is 6.53. The van der Waals surface area contributed by atoms with Gasteiger partial charge in [-0.3, -0.25) is 14.6 Å². The van der Waals surface area contributed by atoms with Gasteiger partial charge in [0.05, 0.1) is 5.56 Å². The van der Waals surface area contributed by atoms with E-state index in [0.717, 1.165) is 23.2 Å². The van der Waals surface area contributed by atoms with Crippen molar-refractivity contribution in [2.24, 2.45) is 4.99 Å². The molecule has 0 saturated carbocycles. The molecule has 0 radical (unpaired) electrons. The second-order valence-corrected chi connectivity index (χ2v) is 8.28. The van der Waals surface area contributed by atoms with E-state index in [1.54, 1.807) is 17.0 Å². The number of carbonyl (C=O) groups is 2. The second-order valence-electron chi connectivity index (χ2n) is 8.28. The predicted octanol–water partition coefficient (Wildman–Crippen LogP) is 3.70. The molecule has 2 aliphatic rings. The lowest BCUT2D eigenvalue weighted by atomic mass is 10.0. The number of fused-ring (bicyclic) bond motifs is 1. The number of benzene rings is 2. The Bertz CT molecular complexity index is 1040. The Labute approximate surface area is 188 Å². The van der Waals surface area contributed by atoms with E-state index >= 15 is 0 Å². The first kappa shape index (κ1) is 22.0. The number of rotatable bonds is 5. The van der Waals surface area contributed by atoms with Crippen LogP contribution >= 0.6 is 0 Å². The van der Waals surface area contributed by atoms with Gasteiger partial charge in [-0.15, -0.1) is 0 Å². The number of para-hydroxylation sites is 1. The summed E-state index contributed by atoms with van der Waals surface area (Å²) in [7, 11) is 0. The van der Waals surface area contributed by atoms with Crippen molar-refractivity contribution in [3.8, 4) is 0 Å². The van der Waals surface area contributed by atoms with Crippen LogP contribution in [0.4, 0.5) is 10.1 Å². The highest BCUT2D eigenvalue weighted by molar-refractivity contribution is 5.95. The SMILES string of the molecule is CCC(=O)N1CCN(C(=O)c2cc(CN3CN=Cc4ccccc43)ccc2F)C[C@H]1CC. The molecule has 7 heteroatoms. The van der Waals surface area contributed by atoms with E-state index in [-0.39, 0.29) is 23.4 Å². The monoisotopic (exact) mass is 436 g/mol. The fourth-order valence-corrected chi connectivity index (χ4v) is 4.48. The number of hydrogen-bond donors (Lipinski definition) is 0. The van der Waals surface area contributed by atoms with Crippen LogP contribution in [0.25, 0.3) is 0 Å². The number of hydrogen-bond acceptors (Lipinski definition) is 4. The predicted molar refractivity (Wildman–Crippen MR) is 123 cm³/mol. The molecule has 0 spiro atoms. The lowest BCUT2D eigenvalue weighted by molar-refractivity contribution is -0.135. The van der Waals surface area contributed by atoms with E-state index in [9.17, 15) is 14.0 Å². The highest BCUT2D eigenvalue weighted by Crippen LogP contribution is 2.25. The van der Waals surface area contributed by atoms with Crippen molar-refractivity contribution >= 4 is 23.7 Å². The number of piperazine rings is 1. The molecule has 0 bridgehead atoms. The summed E-state index contributed by atoms with van der Waals surface area (Å²) in [6, 6.07) is 12.7. The minimum atomic E-state index is -0.518. The number of nitrogens with zero attached hydrogens (tertiary/aromatic N) is 4. The van der Waals surface area contributed by atoms with Crippen molar-refractivity contribution in [3.05, 3.63) is 65.0 Å². The van der Waals surface area contributed by atoms with Crippen molar-refractivity contribution in [2.45, 2.75) is 39.3 Å². The highest BCUT2D eigenvalue weighted by Gasteiger charge is 2.32. The minimum Gasteiger partial charge on any atom is -0.347 e. The van der Waals surface area contributed by atoms with Crippen molar-refractivity contribution in [2.75, 3.05) is 31.2 Å². The molecule has 2 heterocycles. The van der Waals surface area contributed by atoms with Crippen molar-refractivity contribution in [1.29, 1.82) is 0 Å². The number of amides is 2. The lowest BCUT2D eigenvalue weighted by Gasteiger charge is -2.41. The zero-order chi connectivity index (χ0) is 22.7. The summed E-state index contributed by atoms with van der Waals surface area (Å²) in [5.41, 5.74) is 3.05. The standard InChI is InChI=1S/C25H29FN4O2/c1-3-20-16-28(11-12-30(20)24(31)4-2)25(32)21-13-18(9-10-22(21)26)15-29-17-27-14-19-7-5-6-8-23(19)29/h5-10,13-14,20H,3-4,11-12,15-17H2,1-2H3/t20-/m1/s1. The average molecular weight is 437 g/mol. The van der Waals surface area contributed by atoms with E-state index in [4.69, 9.17) is 0 Å². The maximum absolute atomic E-state index is 14.7. The number of carbonyl (C=O) groups excluding carboxylic acids is 2. The van der Waals surface area contributed by atoms with Crippen molar-refractivity contribution < 1.29 is 14.0 Å². The largest absolute Gasteiger partial charge is 0.347 e. The van der Waals surface area contributed by atoms with Crippen molar-refractivity contribution in [3.63, 3.8) is 0 Å². The van der Waals surface area contributed by atoms with Crippen LogP contribution in [0, 0.1) is 5.82 Å². The van der Waals surface area contributed by atoms with E-state index in [2.05, 4.69) is 9.89 Å². The average Bonchev–Trinajstić information content (AvgIpc) is 2.84. The molecule has 0 aromatic heterocycles. The van der Waals surface area contributed by atoms with Crippen LogP contribution in [-0.2, 0) is 11.3 Å². The normalized spacial score (nSPS) is 18.0. The van der Waals surface area contributed by atoms with Crippen LogP contribution in [0.1, 0.15) is 48.2 Å². The summed E-state index contributed by atoms with van der Waals surface area (Å²) >= 11 is 0. The smallest absolute Gasteiger partial charge is 0.256 e. The molecule has 0 aliphatic carbocycles. The fourth-order valence-electron chi connectivity index (χ4n) is 4.48. The lowest BCUT2D eigenvalue weighted by Crippen LogP contribution is -2.56. The molecule has 2 aromatic rings. The molecule has 0 unspecified atom stereocenters. The summed E-state index contributed by atoms with van der Waals surface area (Å²) in [5, 5.41) is 0. The maximum atomic E-state index is 14.7. The molecule has 168 valence electrons. The molecule has 32 heavy (non-hydrogen) atoms. The summed E-state index contributed by atoms with van der Waals surface area (Å²) in [6.07, 6.45) is 3.07. The van der Waals surface area contributed by atoms with Gasteiger partial charge in [0.1, 0.15) is 12.5 Å². The van der Waals surface area contributed by atoms with Gasteiger partial charge in [0.2, 0.25) is 5.91 Å². The molecule has 2 aromatic carbocycles. The first-order valence-electron chi connectivity index (χ1n) is 11.2. The molecule has 2 aliphatic heterocycles. The van der Waals surface area contributed by atoms with Gasteiger partial charge in [0, 0.05) is 56.1 Å². The quantitative estimate of drug-likeness (QED) is 0.718. The molecule has 1 fully saturated rings. The zero-order valence-electron chi connectivity index (χ0n) is 18.6. The molecule has 1 atom stereocenters. The number of aliphatic imine (C=N–C) groups is 1. The van der Waals surface area contributed by atoms with Gasteiger partial charge in [-0.1, -0.05) is 38.1 Å². The zero-order valence-corrected chi connectivity index (χ0v) is 18.6. The van der Waals surface area contributed by atoms with Crippen LogP contribution in [-0.4, -0.2) is 60.2 Å². The van der Waals surface area contributed by atoms with Crippen LogP contribution in [0.15, 0.2) is 47.5 Å². The molecular weight excluding hydrogens is 407 g/mol. The second kappa shape index (κ2) is 9.51. The summed E-state index contributed by atoms with van der Waals surface area (Å²) < 4.78 is 14.7. The Balaban J connectivity index is 1.51. The Morgan fingerprint density at radius 2 is 1.94 bits per heavy atom. The van der Waals surface area contributed by atoms with Crippen LogP contribution in [0.5, 0.6) is 0 Å². The minimum absolute atomic E-state index is 0.0332. The maximum Gasteiger partial charge on any atom is 0.256 e. The fraction of sp³-hybridized carbons (Fsp3) is 0.400. The molecule has 1 saturated heterocycles. The Morgan fingerprint density at radius 1 is 1.12 bits per heavy atom. The van der Waals surface area contributed by atoms with Gasteiger partial charge >= 0.3 is 0 Å². The van der Waals surface area contributed by atoms with Crippen molar-refractivity contribution in [1.82, 2.24) is 9.80 Å². The third kappa shape index (κ3) is 4.38. The summed E-state index contributed by atoms with van der Waals surface area (Å²) in [6.45, 7) is 6.24. The number of halogens is 1. The van der Waals surface area contributed by atoms with Gasteiger partial charge in [0.25, 0.3) is 5.91 Å². The molecule has 6 nitrogen and oxygen atoms in total. The molecular formula is C25H29FN4O2. The third-order valence-electron chi connectivity index (χ3n) is 6.26. The Morgan fingerprint density at radius 3 is 2.72 bits per heavy atom. The van der Waals surface area contributed by atoms with E-state index in [1.807, 2.05) is 49.2 Å². The third-order valence-corrected chi connectivity index (χ3v) is 6.26. The number of anilines is 1. The highest BCUT2D eigenvalue weighted by atomic mass is 19.1. The van der Waals surface area contributed by atoms with Crippen LogP contribution in [0.2, 0.25) is 0 Å². The van der Waals surface area contributed by atoms with E-state index in [1.165, 1.54) is 6.07 Å². The van der Waals surface area contributed by atoms with Gasteiger partial charge in [-0.2, -0.15) is 0 Å². The van der Waals surface area contributed by atoms with Crippen LogP contribution in [0.3, 0.4) is 0 Å². The van der Waals surface area contributed by atoms with Gasteiger partial charge in [-0.25, -0.2) is 4.39 Å². The summed E-state index contributed by atoms with van der Waals surface area (Å²) in [5.74, 6) is -0.735. The first-order valence-corrected chi connectivity index (χ1v) is 11.2. The topological polar surface area (TPSA) is 56.2 Å². The molecule has 2 amide bonds. The summed E-state index contributed by atoms with van der Waals surface area (Å²) in [4.78, 5) is 35.5. The van der Waals surface area contributed by atoms with Gasteiger partial charge in [-0.05, 0) is 30.2 Å². The van der Waals surface area contributed by atoms with Gasteiger partial charge in [0.15, 0.2) is 0 Å². The first-order chi connectivity index (χ1) is 15.5. The molecule has 0 N–H and O–H groups in total. The Hall–Kier alpha value is -3.22. The van der Waals surface area contributed by atoms with Crippen LogP contribution < -0.4 is 4.90 Å². The van der Waals surface area contributed by atoms with E-state index < -0.39 is 5.82 Å². The van der Waals surface area contributed by atoms with Gasteiger partial charge < -0.3 is 14.7 Å². The molecule has 4 rings (SSSR count).